The summed E-state index contributed by atoms with van der Waals surface area (Å²) >= 11 is 2.60. The Morgan fingerprint density at radius 2 is 1.66 bits per heavy atom. The Balaban J connectivity index is 1.26. The fourth-order valence-corrected chi connectivity index (χ4v) is 6.25. The standard InChI is InChI=1S/C37H30N4O4S2/c1-24-15-17-25(18-16-24)31-22-47-37(30(31)21-38)41-34(42)23-46-29-13-8-12-28(20-29)39-36(44)32(19-27-11-6-7-14-33(27)45-2)40-35(43)26-9-4-3-5-10-26/h3-20,22H,23H2,1-2H3,(H,39,44)(H,40,43)(H,41,42)/b32-19+. The highest BCUT2D eigenvalue weighted by Crippen LogP contribution is 2.35. The number of nitriles is 1. The number of nitrogens with one attached hydrogen (secondary N) is 3. The molecule has 1 heterocycles. The molecule has 0 atom stereocenters. The van der Waals surface area contributed by atoms with Crippen molar-refractivity contribution in [1.82, 2.24) is 5.32 Å². The SMILES string of the molecule is COc1ccccc1/C=C(/NC(=O)c1ccccc1)C(=O)Nc1cccc(SCC(=O)Nc2scc(-c3ccc(C)cc3)c2C#N)c1. The first-order valence-electron chi connectivity index (χ1n) is 14.5. The summed E-state index contributed by atoms with van der Waals surface area (Å²) in [4.78, 5) is 40.1. The number of hydrogen-bond acceptors (Lipinski definition) is 7. The fourth-order valence-electron chi connectivity index (χ4n) is 4.56. The molecule has 234 valence electrons. The van der Waals surface area contributed by atoms with Crippen LogP contribution < -0.4 is 20.7 Å². The Kier molecular flexibility index (Phi) is 10.9. The zero-order valence-corrected chi connectivity index (χ0v) is 27.2. The summed E-state index contributed by atoms with van der Waals surface area (Å²) in [6, 6.07) is 33.0. The van der Waals surface area contributed by atoms with Crippen LogP contribution in [0, 0.1) is 18.3 Å². The first-order chi connectivity index (χ1) is 22.8. The van der Waals surface area contributed by atoms with Gasteiger partial charge in [-0.2, -0.15) is 5.26 Å². The van der Waals surface area contributed by atoms with Crippen LogP contribution in [0.1, 0.15) is 27.0 Å². The van der Waals surface area contributed by atoms with Crippen molar-refractivity contribution in [1.29, 1.82) is 5.26 Å². The quantitative estimate of drug-likeness (QED) is 0.0987. The molecule has 3 N–H and O–H groups in total. The minimum absolute atomic E-state index is 0.0232. The maximum atomic E-state index is 13.5. The fraction of sp³-hybridized carbons (Fsp3) is 0.0811. The number of methoxy groups -OCH3 is 1. The second-order valence-electron chi connectivity index (χ2n) is 10.3. The number of para-hydroxylation sites is 1. The van der Waals surface area contributed by atoms with E-state index in [1.807, 2.05) is 54.8 Å². The number of benzene rings is 4. The Morgan fingerprint density at radius 3 is 2.40 bits per heavy atom. The zero-order chi connectivity index (χ0) is 33.2. The van der Waals surface area contributed by atoms with Crippen molar-refractivity contribution in [2.24, 2.45) is 0 Å². The molecule has 0 aliphatic heterocycles. The van der Waals surface area contributed by atoms with Gasteiger partial charge in [-0.3, -0.25) is 14.4 Å². The largest absolute Gasteiger partial charge is 0.496 e. The van der Waals surface area contributed by atoms with E-state index < -0.39 is 11.8 Å². The van der Waals surface area contributed by atoms with Gasteiger partial charge < -0.3 is 20.7 Å². The minimum atomic E-state index is -0.536. The van der Waals surface area contributed by atoms with Gasteiger partial charge in [-0.05, 0) is 55.0 Å². The summed E-state index contributed by atoms with van der Waals surface area (Å²) in [5, 5.41) is 20.6. The molecular weight excluding hydrogens is 629 g/mol. The van der Waals surface area contributed by atoms with Gasteiger partial charge in [-0.1, -0.05) is 72.3 Å². The molecule has 1 aromatic heterocycles. The second kappa shape index (κ2) is 15.6. The predicted octanol–water partition coefficient (Wildman–Crippen LogP) is 7.74. The summed E-state index contributed by atoms with van der Waals surface area (Å²) in [6.07, 6.45) is 1.56. The van der Waals surface area contributed by atoms with E-state index in [1.54, 1.807) is 66.7 Å². The smallest absolute Gasteiger partial charge is 0.272 e. The zero-order valence-electron chi connectivity index (χ0n) is 25.6. The summed E-state index contributed by atoms with van der Waals surface area (Å²) in [6.45, 7) is 2.00. The number of rotatable bonds is 11. The molecule has 0 spiro atoms. The van der Waals surface area contributed by atoms with Crippen LogP contribution in [0.3, 0.4) is 0 Å². The van der Waals surface area contributed by atoms with Crippen molar-refractivity contribution in [3.8, 4) is 22.9 Å². The first-order valence-corrected chi connectivity index (χ1v) is 16.3. The van der Waals surface area contributed by atoms with E-state index in [4.69, 9.17) is 4.74 Å². The highest BCUT2D eigenvalue weighted by atomic mass is 32.2. The Morgan fingerprint density at radius 1 is 0.915 bits per heavy atom. The molecule has 8 nitrogen and oxygen atoms in total. The maximum Gasteiger partial charge on any atom is 0.272 e. The Bertz CT molecular complexity index is 1980. The number of ether oxygens (including phenoxy) is 1. The molecule has 5 aromatic rings. The highest BCUT2D eigenvalue weighted by molar-refractivity contribution is 8.00. The lowest BCUT2D eigenvalue weighted by Gasteiger charge is -2.13. The molecule has 0 fully saturated rings. The molecule has 0 saturated heterocycles. The van der Waals surface area contributed by atoms with Crippen LogP contribution in [0.15, 0.2) is 119 Å². The summed E-state index contributed by atoms with van der Waals surface area (Å²) < 4.78 is 5.43. The monoisotopic (exact) mass is 658 g/mol. The molecule has 0 bridgehead atoms. The summed E-state index contributed by atoms with van der Waals surface area (Å²) in [5.41, 5.74) is 4.76. The molecule has 5 rings (SSSR count). The lowest BCUT2D eigenvalue weighted by Crippen LogP contribution is -2.30. The molecule has 0 radical (unpaired) electrons. The van der Waals surface area contributed by atoms with Crippen LogP contribution in [0.4, 0.5) is 10.7 Å². The number of nitrogens with zero attached hydrogens (tertiary/aromatic N) is 1. The number of thioether (sulfide) groups is 1. The van der Waals surface area contributed by atoms with Crippen molar-refractivity contribution in [2.75, 3.05) is 23.5 Å². The van der Waals surface area contributed by atoms with Crippen LogP contribution in [0.5, 0.6) is 5.75 Å². The van der Waals surface area contributed by atoms with Crippen LogP contribution >= 0.6 is 23.1 Å². The average Bonchev–Trinajstić information content (AvgIpc) is 3.50. The highest BCUT2D eigenvalue weighted by Gasteiger charge is 2.18. The summed E-state index contributed by atoms with van der Waals surface area (Å²) in [7, 11) is 1.53. The molecule has 0 aliphatic rings. The van der Waals surface area contributed by atoms with Gasteiger partial charge in [0.25, 0.3) is 11.8 Å². The molecule has 47 heavy (non-hydrogen) atoms. The van der Waals surface area contributed by atoms with E-state index in [9.17, 15) is 19.6 Å². The van der Waals surface area contributed by atoms with Crippen molar-refractivity contribution < 1.29 is 19.1 Å². The van der Waals surface area contributed by atoms with Gasteiger partial charge in [-0.15, -0.1) is 23.1 Å². The molecular formula is C37H30N4O4S2. The van der Waals surface area contributed by atoms with Gasteiger partial charge >= 0.3 is 0 Å². The molecule has 4 aromatic carbocycles. The normalized spacial score (nSPS) is 10.9. The number of hydrogen-bond donors (Lipinski definition) is 3. The topological polar surface area (TPSA) is 120 Å². The van der Waals surface area contributed by atoms with Crippen molar-refractivity contribution in [2.45, 2.75) is 11.8 Å². The minimum Gasteiger partial charge on any atom is -0.496 e. The number of carbonyl (C=O) groups excluding carboxylic acids is 3. The van der Waals surface area contributed by atoms with E-state index in [0.29, 0.717) is 33.1 Å². The molecule has 3 amide bonds. The number of anilines is 2. The van der Waals surface area contributed by atoms with Gasteiger partial charge in [0.2, 0.25) is 5.91 Å². The molecule has 10 heteroatoms. The van der Waals surface area contributed by atoms with Crippen molar-refractivity contribution in [3.63, 3.8) is 0 Å². The van der Waals surface area contributed by atoms with E-state index in [-0.39, 0.29) is 17.4 Å². The lowest BCUT2D eigenvalue weighted by atomic mass is 10.0. The van der Waals surface area contributed by atoms with Gasteiger partial charge in [0.1, 0.15) is 22.5 Å². The second-order valence-corrected chi connectivity index (χ2v) is 12.2. The third kappa shape index (κ3) is 8.55. The number of carbonyl (C=O) groups is 3. The van der Waals surface area contributed by atoms with E-state index >= 15 is 0 Å². The van der Waals surface area contributed by atoms with Gasteiger partial charge in [0.05, 0.1) is 18.4 Å². The predicted molar refractivity (Wildman–Crippen MR) is 189 cm³/mol. The molecule has 0 saturated carbocycles. The third-order valence-electron chi connectivity index (χ3n) is 6.95. The Hall–Kier alpha value is -5.63. The molecule has 0 unspecified atom stereocenters. The number of amides is 3. The third-order valence-corrected chi connectivity index (χ3v) is 8.84. The van der Waals surface area contributed by atoms with E-state index in [2.05, 4.69) is 22.0 Å². The summed E-state index contributed by atoms with van der Waals surface area (Å²) in [5.74, 6) is -0.602. The van der Waals surface area contributed by atoms with Crippen LogP contribution in [0.2, 0.25) is 0 Å². The van der Waals surface area contributed by atoms with Gasteiger partial charge in [-0.25, -0.2) is 0 Å². The average molecular weight is 659 g/mol. The number of aryl methyl sites for hydroxylation is 1. The maximum absolute atomic E-state index is 13.5. The van der Waals surface area contributed by atoms with E-state index in [0.717, 1.165) is 21.6 Å². The van der Waals surface area contributed by atoms with Crippen molar-refractivity contribution >= 4 is 57.6 Å². The van der Waals surface area contributed by atoms with Crippen LogP contribution in [-0.4, -0.2) is 30.6 Å². The van der Waals surface area contributed by atoms with Crippen LogP contribution in [0.25, 0.3) is 17.2 Å². The van der Waals surface area contributed by atoms with Gasteiger partial charge in [0, 0.05) is 32.7 Å². The van der Waals surface area contributed by atoms with Gasteiger partial charge in [0.15, 0.2) is 0 Å². The Labute approximate surface area is 281 Å². The van der Waals surface area contributed by atoms with Crippen molar-refractivity contribution in [3.05, 3.63) is 136 Å². The van der Waals surface area contributed by atoms with Crippen LogP contribution in [-0.2, 0) is 9.59 Å². The first kappa shape index (κ1) is 32.8. The lowest BCUT2D eigenvalue weighted by molar-refractivity contribution is -0.114. The van der Waals surface area contributed by atoms with E-state index in [1.165, 1.54) is 30.2 Å². The molecule has 0 aliphatic carbocycles. The number of thiophene rings is 1.